The first-order chi connectivity index (χ1) is 11.0. The van der Waals surface area contributed by atoms with Crippen molar-refractivity contribution in [1.82, 2.24) is 8.96 Å². The van der Waals surface area contributed by atoms with Crippen molar-refractivity contribution in [3.63, 3.8) is 0 Å². The van der Waals surface area contributed by atoms with Crippen LogP contribution in [0, 0.1) is 4.91 Å². The monoisotopic (exact) mass is 352 g/mol. The highest BCUT2D eigenvalue weighted by molar-refractivity contribution is 7.90. The summed E-state index contributed by atoms with van der Waals surface area (Å²) in [5.41, 5.74) is 0.128. The maximum Gasteiger partial charge on any atom is 0.354 e. The second-order valence-corrected chi connectivity index (χ2v) is 6.76. The van der Waals surface area contributed by atoms with Gasteiger partial charge < -0.3 is 0 Å². The number of hydrogen-bond acceptors (Lipinski definition) is 5. The molecule has 0 saturated heterocycles. The van der Waals surface area contributed by atoms with Gasteiger partial charge in [0.05, 0.1) is 9.80 Å². The molecule has 0 unspecified atom stereocenters. The van der Waals surface area contributed by atoms with Crippen LogP contribution in [-0.4, -0.2) is 29.4 Å². The molecule has 0 aliphatic carbocycles. The molecule has 0 spiro atoms. The van der Waals surface area contributed by atoms with Crippen molar-refractivity contribution in [2.24, 2.45) is 0 Å². The van der Waals surface area contributed by atoms with E-state index in [1.54, 1.807) is 18.2 Å². The summed E-state index contributed by atoms with van der Waals surface area (Å²) in [6.45, 7) is 0. The SMILES string of the molecule is CO[N+](=O)c1cnc2c(ccn2S(=O)(=O)c2ccccc2)c1Cl. The molecule has 0 aliphatic rings. The van der Waals surface area contributed by atoms with Crippen molar-refractivity contribution in [2.45, 2.75) is 4.90 Å². The van der Waals surface area contributed by atoms with Crippen molar-refractivity contribution in [3.8, 4) is 0 Å². The molecule has 0 bridgehead atoms. The van der Waals surface area contributed by atoms with E-state index in [1.165, 1.54) is 31.5 Å². The molecule has 1 aromatic carbocycles. The zero-order chi connectivity index (χ0) is 16.6. The first-order valence-corrected chi connectivity index (χ1v) is 8.26. The number of fused-ring (bicyclic) bond motifs is 1. The molecule has 0 atom stereocenters. The minimum atomic E-state index is -3.81. The Morgan fingerprint density at radius 3 is 2.57 bits per heavy atom. The van der Waals surface area contributed by atoms with Crippen molar-refractivity contribution >= 4 is 38.3 Å². The number of nitrogens with zero attached hydrogens (tertiary/aromatic N) is 3. The summed E-state index contributed by atoms with van der Waals surface area (Å²) in [7, 11) is -2.61. The minimum absolute atomic E-state index is 0.00322. The Morgan fingerprint density at radius 2 is 1.91 bits per heavy atom. The van der Waals surface area contributed by atoms with Gasteiger partial charge in [0.25, 0.3) is 14.9 Å². The third-order valence-corrected chi connectivity index (χ3v) is 5.34. The molecule has 23 heavy (non-hydrogen) atoms. The van der Waals surface area contributed by atoms with Crippen molar-refractivity contribution in [2.75, 3.05) is 7.11 Å². The van der Waals surface area contributed by atoms with Gasteiger partial charge in [0.15, 0.2) is 12.8 Å². The molecule has 2 aromatic heterocycles. The first-order valence-electron chi connectivity index (χ1n) is 6.44. The van der Waals surface area contributed by atoms with E-state index < -0.39 is 10.0 Å². The lowest BCUT2D eigenvalue weighted by molar-refractivity contribution is -0.736. The Kier molecular flexibility index (Phi) is 3.78. The maximum absolute atomic E-state index is 12.7. The van der Waals surface area contributed by atoms with E-state index in [-0.39, 0.29) is 26.2 Å². The molecule has 9 heteroatoms. The predicted molar refractivity (Wildman–Crippen MR) is 84.1 cm³/mol. The highest BCUT2D eigenvalue weighted by Gasteiger charge is 2.26. The maximum atomic E-state index is 12.7. The number of pyridine rings is 1. The fourth-order valence-electron chi connectivity index (χ4n) is 2.15. The van der Waals surface area contributed by atoms with Gasteiger partial charge in [-0.3, -0.25) is 0 Å². The average molecular weight is 353 g/mol. The lowest BCUT2D eigenvalue weighted by Crippen LogP contribution is -2.12. The van der Waals surface area contributed by atoms with Gasteiger partial charge in [-0.1, -0.05) is 29.8 Å². The molecule has 0 radical (unpaired) electrons. The molecular formula is C14H11ClN3O4S+. The third-order valence-electron chi connectivity index (χ3n) is 3.26. The molecule has 0 saturated carbocycles. The summed E-state index contributed by atoms with van der Waals surface area (Å²) in [5, 5.41) is 0.399. The van der Waals surface area contributed by atoms with Gasteiger partial charge >= 0.3 is 5.69 Å². The van der Waals surface area contributed by atoms with Crippen LogP contribution in [0.15, 0.2) is 53.7 Å². The lowest BCUT2D eigenvalue weighted by atomic mass is 10.3. The lowest BCUT2D eigenvalue weighted by Gasteiger charge is -2.06. The van der Waals surface area contributed by atoms with Crippen LogP contribution in [0.5, 0.6) is 0 Å². The zero-order valence-corrected chi connectivity index (χ0v) is 13.5. The molecule has 3 aromatic rings. The van der Waals surface area contributed by atoms with E-state index in [4.69, 9.17) is 11.6 Å². The smallest absolute Gasteiger partial charge is 0.230 e. The summed E-state index contributed by atoms with van der Waals surface area (Å²) in [6, 6.07) is 9.44. The molecule has 0 N–H and O–H groups in total. The largest absolute Gasteiger partial charge is 0.354 e. The van der Waals surface area contributed by atoms with Gasteiger partial charge in [0, 0.05) is 11.6 Å². The Bertz CT molecular complexity index is 1000. The second kappa shape index (κ2) is 5.64. The Morgan fingerprint density at radius 1 is 1.22 bits per heavy atom. The van der Waals surface area contributed by atoms with Crippen LogP contribution < -0.4 is 0 Å². The summed E-state index contributed by atoms with van der Waals surface area (Å²) in [5.74, 6) is 0. The van der Waals surface area contributed by atoms with E-state index in [1.807, 2.05) is 0 Å². The number of rotatable bonds is 4. The van der Waals surface area contributed by atoms with Crippen LogP contribution in [0.3, 0.4) is 0 Å². The van der Waals surface area contributed by atoms with Crippen LogP contribution >= 0.6 is 11.6 Å². The average Bonchev–Trinajstić information content (AvgIpc) is 3.01. The number of benzene rings is 1. The summed E-state index contributed by atoms with van der Waals surface area (Å²) >= 11 is 6.15. The predicted octanol–water partition coefficient (Wildman–Crippen LogP) is 2.90. The van der Waals surface area contributed by atoms with Gasteiger partial charge in [-0.05, 0) is 18.2 Å². The van der Waals surface area contributed by atoms with E-state index in [9.17, 15) is 13.3 Å². The Balaban J connectivity index is 2.22. The minimum Gasteiger partial charge on any atom is -0.230 e. The van der Waals surface area contributed by atoms with Crippen LogP contribution in [0.4, 0.5) is 5.69 Å². The molecule has 3 rings (SSSR count). The Hall–Kier alpha value is -2.45. The molecule has 0 fully saturated rings. The molecule has 2 heterocycles. The van der Waals surface area contributed by atoms with Gasteiger partial charge in [0.2, 0.25) is 0 Å². The molecular weight excluding hydrogens is 342 g/mol. The van der Waals surface area contributed by atoms with E-state index in [0.717, 1.165) is 10.2 Å². The second-order valence-electron chi connectivity index (χ2n) is 4.56. The van der Waals surface area contributed by atoms with E-state index in [2.05, 4.69) is 9.82 Å². The van der Waals surface area contributed by atoms with Crippen LogP contribution in [-0.2, 0) is 14.9 Å². The Labute approximate surface area is 136 Å². The molecule has 7 nitrogen and oxygen atoms in total. The van der Waals surface area contributed by atoms with Gasteiger partial charge in [-0.2, -0.15) is 0 Å². The zero-order valence-electron chi connectivity index (χ0n) is 11.9. The highest BCUT2D eigenvalue weighted by Crippen LogP contribution is 2.33. The summed E-state index contributed by atoms with van der Waals surface area (Å²) in [4.78, 5) is 20.5. The molecule has 0 aliphatic heterocycles. The third kappa shape index (κ3) is 2.45. The van der Waals surface area contributed by atoms with Gasteiger partial charge in [0.1, 0.15) is 11.2 Å². The van der Waals surface area contributed by atoms with Crippen LogP contribution in [0.25, 0.3) is 11.0 Å². The highest BCUT2D eigenvalue weighted by atomic mass is 35.5. The van der Waals surface area contributed by atoms with E-state index in [0.29, 0.717) is 5.39 Å². The van der Waals surface area contributed by atoms with Crippen LogP contribution in [0.2, 0.25) is 5.02 Å². The topological polar surface area (TPSA) is 81.3 Å². The van der Waals surface area contributed by atoms with Crippen molar-refractivity contribution in [3.05, 3.63) is 58.7 Å². The van der Waals surface area contributed by atoms with Crippen molar-refractivity contribution < 1.29 is 18.2 Å². The van der Waals surface area contributed by atoms with E-state index >= 15 is 0 Å². The van der Waals surface area contributed by atoms with Gasteiger partial charge in [-0.15, -0.1) is 0 Å². The summed E-state index contributed by atoms with van der Waals surface area (Å²) < 4.78 is 26.4. The standard InChI is InChI=1S/C14H11ClN3O4S/c1-22-18(19)12-9-16-14-11(13(12)15)7-8-17(14)23(20,21)10-5-3-2-4-6-10/h2-9H,1H3/q+1. The normalized spacial score (nSPS) is 11.6. The fraction of sp³-hybridized carbons (Fsp3) is 0.0714. The molecule has 118 valence electrons. The van der Waals surface area contributed by atoms with Crippen LogP contribution in [0.1, 0.15) is 0 Å². The van der Waals surface area contributed by atoms with Gasteiger partial charge in [-0.25, -0.2) is 22.2 Å². The number of halogens is 1. The number of aromatic nitrogens is 2. The van der Waals surface area contributed by atoms with Crippen molar-refractivity contribution in [1.29, 1.82) is 0 Å². The number of hydrogen-bond donors (Lipinski definition) is 0. The quantitative estimate of drug-likeness (QED) is 0.674. The summed E-state index contributed by atoms with van der Waals surface area (Å²) in [6.07, 6.45) is 2.51. The fourth-order valence-corrected chi connectivity index (χ4v) is 3.73. The molecule has 0 amide bonds. The first kappa shape index (κ1) is 15.4.